The molecule has 1 amide bonds. The molecule has 0 bridgehead atoms. The lowest BCUT2D eigenvalue weighted by molar-refractivity contribution is 0.102. The Kier molecular flexibility index (Phi) is 6.26. The fourth-order valence-electron chi connectivity index (χ4n) is 4.01. The molecule has 1 heterocycles. The van der Waals surface area contributed by atoms with E-state index in [-0.39, 0.29) is 16.6 Å². The van der Waals surface area contributed by atoms with Crippen LogP contribution in [0, 0.1) is 13.8 Å². The Morgan fingerprint density at radius 2 is 1.78 bits per heavy atom. The Balaban J connectivity index is 1.64. The minimum absolute atomic E-state index is 0.0344. The van der Waals surface area contributed by atoms with Gasteiger partial charge in [-0.05, 0) is 74.4 Å². The van der Waals surface area contributed by atoms with Gasteiger partial charge in [0, 0.05) is 15.9 Å². The quantitative estimate of drug-likeness (QED) is 0.512. The molecule has 4 rings (SSSR count). The second-order valence-electron chi connectivity index (χ2n) is 7.95. The van der Waals surface area contributed by atoms with Gasteiger partial charge in [-0.2, -0.15) is 0 Å². The van der Waals surface area contributed by atoms with Crippen LogP contribution < -0.4 is 14.8 Å². The first-order valence-electron chi connectivity index (χ1n) is 10.5. The maximum absolute atomic E-state index is 13.2. The summed E-state index contributed by atoms with van der Waals surface area (Å²) < 4.78 is 34.5. The van der Waals surface area contributed by atoms with E-state index >= 15 is 0 Å². The smallest absolute Gasteiger partial charge is 0.265 e. The van der Waals surface area contributed by atoms with Crippen LogP contribution in [0.4, 0.5) is 11.4 Å². The van der Waals surface area contributed by atoms with Crippen molar-refractivity contribution in [2.24, 2.45) is 0 Å². The van der Waals surface area contributed by atoms with Crippen LogP contribution in [0.5, 0.6) is 5.75 Å². The minimum atomic E-state index is -3.95. The number of carbonyl (C=O) groups is 1. The third-order valence-corrected chi connectivity index (χ3v) is 8.19. The zero-order valence-corrected chi connectivity index (χ0v) is 20.0. The lowest BCUT2D eigenvalue weighted by Crippen LogP contribution is -2.17. The molecule has 3 aromatic rings. The van der Waals surface area contributed by atoms with E-state index in [4.69, 9.17) is 4.74 Å². The van der Waals surface area contributed by atoms with Gasteiger partial charge in [-0.1, -0.05) is 18.2 Å². The van der Waals surface area contributed by atoms with E-state index in [2.05, 4.69) is 10.0 Å². The molecule has 6 nitrogen and oxygen atoms in total. The van der Waals surface area contributed by atoms with Crippen molar-refractivity contribution in [3.63, 3.8) is 0 Å². The van der Waals surface area contributed by atoms with E-state index in [9.17, 15) is 13.2 Å². The van der Waals surface area contributed by atoms with E-state index < -0.39 is 10.0 Å². The number of hydrogen-bond donors (Lipinski definition) is 2. The van der Waals surface area contributed by atoms with E-state index in [0.717, 1.165) is 42.4 Å². The van der Waals surface area contributed by atoms with Crippen LogP contribution in [0.2, 0.25) is 0 Å². The normalized spacial score (nSPS) is 13.3. The van der Waals surface area contributed by atoms with Gasteiger partial charge in [0.2, 0.25) is 0 Å². The number of methoxy groups -OCH3 is 1. The minimum Gasteiger partial charge on any atom is -0.495 e. The van der Waals surface area contributed by atoms with Crippen molar-refractivity contribution in [1.29, 1.82) is 0 Å². The van der Waals surface area contributed by atoms with Gasteiger partial charge in [0.05, 0.1) is 18.4 Å². The molecule has 0 saturated carbocycles. The molecule has 0 spiro atoms. The van der Waals surface area contributed by atoms with Crippen LogP contribution in [0.15, 0.2) is 46.7 Å². The highest BCUT2D eigenvalue weighted by Crippen LogP contribution is 2.33. The fraction of sp³-hybridized carbons (Fsp3) is 0.292. The molecule has 8 heteroatoms. The summed E-state index contributed by atoms with van der Waals surface area (Å²) >= 11 is 1.62. The van der Waals surface area contributed by atoms with E-state index in [0.29, 0.717) is 16.9 Å². The summed E-state index contributed by atoms with van der Waals surface area (Å²) in [6.45, 7) is 3.69. The highest BCUT2D eigenvalue weighted by Gasteiger charge is 2.24. The van der Waals surface area contributed by atoms with Crippen LogP contribution in [0.3, 0.4) is 0 Å². The first kappa shape index (κ1) is 22.4. The van der Waals surface area contributed by atoms with Crippen molar-refractivity contribution in [2.75, 3.05) is 17.1 Å². The Hall–Kier alpha value is -2.84. The first-order valence-corrected chi connectivity index (χ1v) is 12.8. The number of fused-ring (bicyclic) bond motifs is 1. The number of hydrogen-bond acceptors (Lipinski definition) is 5. The van der Waals surface area contributed by atoms with Gasteiger partial charge >= 0.3 is 0 Å². The number of ether oxygens (including phenoxy) is 1. The zero-order chi connectivity index (χ0) is 22.9. The first-order chi connectivity index (χ1) is 15.3. The lowest BCUT2D eigenvalue weighted by atomic mass is 9.95. The summed E-state index contributed by atoms with van der Waals surface area (Å²) in [6.07, 6.45) is 4.16. The van der Waals surface area contributed by atoms with E-state index in [1.165, 1.54) is 18.1 Å². The number of benzene rings is 2. The Morgan fingerprint density at radius 3 is 2.50 bits per heavy atom. The van der Waals surface area contributed by atoms with Gasteiger partial charge in [-0.3, -0.25) is 9.52 Å². The van der Waals surface area contributed by atoms with Crippen molar-refractivity contribution in [1.82, 2.24) is 0 Å². The molecular formula is C24H26N2O4S2. The largest absolute Gasteiger partial charge is 0.495 e. The van der Waals surface area contributed by atoms with Gasteiger partial charge in [-0.15, -0.1) is 11.3 Å². The number of carbonyl (C=O) groups excluding carboxylic acids is 1. The second-order valence-corrected chi connectivity index (χ2v) is 10.6. The molecule has 1 aliphatic carbocycles. The highest BCUT2D eigenvalue weighted by molar-refractivity contribution is 7.92. The third-order valence-electron chi connectivity index (χ3n) is 5.73. The summed E-state index contributed by atoms with van der Waals surface area (Å²) in [5.74, 6) is -0.0183. The molecule has 168 valence electrons. The number of sulfonamides is 1. The molecule has 0 radical (unpaired) electrons. The van der Waals surface area contributed by atoms with E-state index in [1.54, 1.807) is 23.5 Å². The zero-order valence-electron chi connectivity index (χ0n) is 18.3. The lowest BCUT2D eigenvalue weighted by Gasteiger charge is -2.16. The van der Waals surface area contributed by atoms with Crippen molar-refractivity contribution in [2.45, 2.75) is 44.4 Å². The standard InChI is InChI=1S/C24H26N2O4S2/c1-15-7-6-8-16(2)23(15)26-32(28,29)22-13-17(11-12-20(22)30-3)25-24(27)19-14-31-21-10-5-4-9-18(19)21/h6-8,11-14,26H,4-5,9-10H2,1-3H3,(H,25,27). The average Bonchev–Trinajstić information content (AvgIpc) is 3.21. The fourth-order valence-corrected chi connectivity index (χ4v) is 6.54. The molecule has 0 fully saturated rings. The van der Waals surface area contributed by atoms with Gasteiger partial charge in [0.1, 0.15) is 10.6 Å². The Morgan fingerprint density at radius 1 is 1.06 bits per heavy atom. The van der Waals surface area contributed by atoms with Crippen LogP contribution in [-0.4, -0.2) is 21.4 Å². The predicted octanol–water partition coefficient (Wildman–Crippen LogP) is 5.31. The van der Waals surface area contributed by atoms with Crippen LogP contribution in [0.25, 0.3) is 0 Å². The molecular weight excluding hydrogens is 444 g/mol. The predicted molar refractivity (Wildman–Crippen MR) is 129 cm³/mol. The molecule has 2 N–H and O–H groups in total. The molecule has 0 unspecified atom stereocenters. The third kappa shape index (κ3) is 4.38. The summed E-state index contributed by atoms with van der Waals surface area (Å²) in [4.78, 5) is 14.2. The number of thiophene rings is 1. The van der Waals surface area contributed by atoms with E-state index in [1.807, 2.05) is 37.4 Å². The summed E-state index contributed by atoms with van der Waals surface area (Å²) in [5, 5.41) is 4.76. The molecule has 2 aromatic carbocycles. The molecule has 1 aliphatic rings. The summed E-state index contributed by atoms with van der Waals surface area (Å²) in [7, 11) is -2.53. The van der Waals surface area contributed by atoms with Gasteiger partial charge in [0.25, 0.3) is 15.9 Å². The molecule has 0 atom stereocenters. The second kappa shape index (κ2) is 8.96. The maximum atomic E-state index is 13.2. The van der Waals surface area contributed by atoms with Crippen LogP contribution in [0.1, 0.15) is 44.8 Å². The number of anilines is 2. The summed E-state index contributed by atoms with van der Waals surface area (Å²) in [5.41, 5.74) is 4.37. The van der Waals surface area contributed by atoms with Crippen molar-refractivity contribution in [3.05, 3.63) is 68.9 Å². The van der Waals surface area contributed by atoms with Crippen molar-refractivity contribution >= 4 is 38.6 Å². The van der Waals surface area contributed by atoms with Crippen molar-refractivity contribution < 1.29 is 17.9 Å². The van der Waals surface area contributed by atoms with Crippen LogP contribution in [-0.2, 0) is 22.9 Å². The molecule has 1 aromatic heterocycles. The molecule has 0 aliphatic heterocycles. The van der Waals surface area contributed by atoms with Crippen LogP contribution >= 0.6 is 11.3 Å². The number of amides is 1. The number of para-hydroxylation sites is 1. The number of nitrogens with one attached hydrogen (secondary N) is 2. The van der Waals surface area contributed by atoms with Gasteiger partial charge in [0.15, 0.2) is 0 Å². The Bertz CT molecular complexity index is 1260. The monoisotopic (exact) mass is 470 g/mol. The average molecular weight is 471 g/mol. The summed E-state index contributed by atoms with van der Waals surface area (Å²) in [6, 6.07) is 10.2. The maximum Gasteiger partial charge on any atom is 0.265 e. The molecule has 0 saturated heterocycles. The van der Waals surface area contributed by atoms with Gasteiger partial charge in [-0.25, -0.2) is 8.42 Å². The van der Waals surface area contributed by atoms with Crippen molar-refractivity contribution in [3.8, 4) is 5.75 Å². The molecule has 32 heavy (non-hydrogen) atoms. The highest BCUT2D eigenvalue weighted by atomic mass is 32.2. The Labute approximate surface area is 192 Å². The van der Waals surface area contributed by atoms with Gasteiger partial charge < -0.3 is 10.1 Å². The number of rotatable bonds is 6. The SMILES string of the molecule is COc1ccc(NC(=O)c2csc3c2CCCC3)cc1S(=O)(=O)Nc1c(C)cccc1C. The number of aryl methyl sites for hydroxylation is 3. The topological polar surface area (TPSA) is 84.5 Å².